The van der Waals surface area contributed by atoms with E-state index in [-0.39, 0.29) is 12.7 Å². The maximum absolute atomic E-state index is 12.9. The van der Waals surface area contributed by atoms with Crippen LogP contribution in [-0.2, 0) is 19.1 Å². The van der Waals surface area contributed by atoms with Crippen LogP contribution in [0.4, 0.5) is 0 Å². The molecule has 0 N–H and O–H groups in total. The van der Waals surface area contributed by atoms with E-state index in [0.717, 1.165) is 23.3 Å². The highest BCUT2D eigenvalue weighted by Gasteiger charge is 2.34. The summed E-state index contributed by atoms with van der Waals surface area (Å²) in [6.07, 6.45) is 3.01. The van der Waals surface area contributed by atoms with Crippen molar-refractivity contribution in [3.8, 4) is 0 Å². The second-order valence-corrected chi connectivity index (χ2v) is 9.86. The van der Waals surface area contributed by atoms with Gasteiger partial charge in [-0.25, -0.2) is 4.79 Å². The molecule has 2 aromatic rings. The third-order valence-corrected chi connectivity index (χ3v) is 7.13. The number of carbonyl (C=O) groups excluding carboxylic acids is 2. The number of rotatable bonds is 8. The van der Waals surface area contributed by atoms with Crippen molar-refractivity contribution in [1.82, 2.24) is 0 Å². The molecule has 166 valence electrons. The van der Waals surface area contributed by atoms with Crippen molar-refractivity contribution in [1.29, 1.82) is 0 Å². The van der Waals surface area contributed by atoms with Crippen molar-refractivity contribution in [2.75, 3.05) is 6.61 Å². The first-order valence-corrected chi connectivity index (χ1v) is 11.9. The summed E-state index contributed by atoms with van der Waals surface area (Å²) >= 11 is 1.42. The summed E-state index contributed by atoms with van der Waals surface area (Å²) < 4.78 is 11.2. The number of esters is 2. The van der Waals surface area contributed by atoms with Crippen LogP contribution >= 0.6 is 11.8 Å². The van der Waals surface area contributed by atoms with Crippen molar-refractivity contribution < 1.29 is 19.1 Å². The van der Waals surface area contributed by atoms with Gasteiger partial charge in [0, 0.05) is 4.90 Å². The summed E-state index contributed by atoms with van der Waals surface area (Å²) in [4.78, 5) is 26.4. The van der Waals surface area contributed by atoms with Crippen LogP contribution in [0.25, 0.3) is 0 Å². The highest BCUT2D eigenvalue weighted by atomic mass is 32.2. The van der Waals surface area contributed by atoms with Gasteiger partial charge >= 0.3 is 11.9 Å². The molecule has 0 aromatic heterocycles. The van der Waals surface area contributed by atoms with Gasteiger partial charge < -0.3 is 9.47 Å². The Kier molecular flexibility index (Phi) is 8.59. The van der Waals surface area contributed by atoms with E-state index in [2.05, 4.69) is 20.8 Å². The Balaban J connectivity index is 1.61. The van der Waals surface area contributed by atoms with Crippen LogP contribution in [0, 0.1) is 17.8 Å². The fraction of sp³-hybridized carbons (Fsp3) is 0.462. The molecule has 0 bridgehead atoms. The Morgan fingerprint density at radius 3 is 2.29 bits per heavy atom. The Bertz CT molecular complexity index is 837. The predicted octanol–water partition coefficient (Wildman–Crippen LogP) is 6.07. The van der Waals surface area contributed by atoms with E-state index in [1.807, 2.05) is 60.7 Å². The number of ether oxygens (including phenoxy) is 2. The van der Waals surface area contributed by atoms with Gasteiger partial charge in [-0.2, -0.15) is 0 Å². The van der Waals surface area contributed by atoms with Crippen molar-refractivity contribution in [3.05, 3.63) is 66.2 Å². The van der Waals surface area contributed by atoms with E-state index in [9.17, 15) is 9.59 Å². The predicted molar refractivity (Wildman–Crippen MR) is 124 cm³/mol. The SMILES string of the molecule is CC(C)[C@H]1CC[C@@H](C)C[C@H]1OC(=O)COC(=O)[C@H](Sc1ccccc1)c1ccccc1. The Morgan fingerprint density at radius 1 is 1.00 bits per heavy atom. The summed E-state index contributed by atoms with van der Waals surface area (Å²) in [7, 11) is 0. The van der Waals surface area contributed by atoms with Crippen LogP contribution < -0.4 is 0 Å². The van der Waals surface area contributed by atoms with Gasteiger partial charge in [-0.1, -0.05) is 75.7 Å². The minimum absolute atomic E-state index is 0.0985. The molecule has 1 fully saturated rings. The average Bonchev–Trinajstić information content (AvgIpc) is 2.77. The number of benzene rings is 2. The summed E-state index contributed by atoms with van der Waals surface area (Å²) in [6, 6.07) is 19.2. The molecule has 0 spiro atoms. The zero-order chi connectivity index (χ0) is 22.2. The number of hydrogen-bond donors (Lipinski definition) is 0. The third-order valence-electron chi connectivity index (χ3n) is 5.89. The van der Waals surface area contributed by atoms with Gasteiger partial charge in [-0.05, 0) is 48.3 Å². The lowest BCUT2D eigenvalue weighted by Crippen LogP contribution is -2.37. The lowest BCUT2D eigenvalue weighted by atomic mass is 9.75. The molecular formula is C26H32O4S. The fourth-order valence-corrected chi connectivity index (χ4v) is 5.22. The van der Waals surface area contributed by atoms with E-state index in [1.165, 1.54) is 18.2 Å². The lowest BCUT2D eigenvalue weighted by Gasteiger charge is -2.36. The van der Waals surface area contributed by atoms with Crippen molar-refractivity contribution in [2.24, 2.45) is 17.8 Å². The maximum atomic E-state index is 12.9. The number of carbonyl (C=O) groups is 2. The van der Waals surface area contributed by atoms with Gasteiger partial charge in [-0.3, -0.25) is 4.79 Å². The molecule has 31 heavy (non-hydrogen) atoms. The highest BCUT2D eigenvalue weighted by Crippen LogP contribution is 2.37. The number of thioether (sulfide) groups is 1. The number of hydrogen-bond acceptors (Lipinski definition) is 5. The first-order valence-electron chi connectivity index (χ1n) is 11.1. The standard InChI is InChI=1S/C26H32O4S/c1-18(2)22-15-14-19(3)16-23(22)30-24(27)17-29-26(28)25(20-10-6-4-7-11-20)31-21-12-8-5-9-13-21/h4-13,18-19,22-23,25H,14-17H2,1-3H3/t19-,22-,23-,25-/m1/s1. The first kappa shape index (κ1) is 23.4. The van der Waals surface area contributed by atoms with Crippen molar-refractivity contribution in [2.45, 2.75) is 56.3 Å². The molecule has 0 unspecified atom stereocenters. The van der Waals surface area contributed by atoms with E-state index in [1.54, 1.807) is 0 Å². The summed E-state index contributed by atoms with van der Waals surface area (Å²) in [6.45, 7) is 6.19. The van der Waals surface area contributed by atoms with E-state index in [4.69, 9.17) is 9.47 Å². The second kappa shape index (κ2) is 11.4. The lowest BCUT2D eigenvalue weighted by molar-refractivity contribution is -0.167. The molecular weight excluding hydrogens is 408 g/mol. The molecule has 0 heterocycles. The highest BCUT2D eigenvalue weighted by molar-refractivity contribution is 8.00. The van der Waals surface area contributed by atoms with Gasteiger partial charge in [0.2, 0.25) is 0 Å². The molecule has 1 aliphatic rings. The molecule has 1 aliphatic carbocycles. The zero-order valence-corrected chi connectivity index (χ0v) is 19.3. The van der Waals surface area contributed by atoms with Gasteiger partial charge in [0.15, 0.2) is 6.61 Å². The maximum Gasteiger partial charge on any atom is 0.344 e. The van der Waals surface area contributed by atoms with Gasteiger partial charge in [0.25, 0.3) is 0 Å². The van der Waals surface area contributed by atoms with E-state index in [0.29, 0.717) is 17.8 Å². The van der Waals surface area contributed by atoms with Crippen LogP contribution in [0.15, 0.2) is 65.6 Å². The topological polar surface area (TPSA) is 52.6 Å². The third kappa shape index (κ3) is 6.86. The summed E-state index contributed by atoms with van der Waals surface area (Å²) in [5.41, 5.74) is 0.843. The second-order valence-electron chi connectivity index (χ2n) is 8.68. The minimum Gasteiger partial charge on any atom is -0.460 e. The minimum atomic E-state index is -0.547. The van der Waals surface area contributed by atoms with Crippen LogP contribution in [-0.4, -0.2) is 24.6 Å². The van der Waals surface area contributed by atoms with Crippen LogP contribution in [0.1, 0.15) is 50.8 Å². The molecule has 0 saturated heterocycles. The molecule has 5 heteroatoms. The zero-order valence-electron chi connectivity index (χ0n) is 18.5. The molecule has 0 aliphatic heterocycles. The molecule has 1 saturated carbocycles. The largest absolute Gasteiger partial charge is 0.460 e. The molecule has 2 aromatic carbocycles. The summed E-state index contributed by atoms with van der Waals surface area (Å²) in [5.74, 6) is 0.461. The molecule has 4 atom stereocenters. The van der Waals surface area contributed by atoms with Gasteiger partial charge in [0.05, 0.1) is 0 Å². The summed E-state index contributed by atoms with van der Waals surface area (Å²) in [5, 5.41) is -0.547. The quantitative estimate of drug-likeness (QED) is 0.368. The van der Waals surface area contributed by atoms with Crippen molar-refractivity contribution in [3.63, 3.8) is 0 Å². The smallest absolute Gasteiger partial charge is 0.344 e. The average molecular weight is 441 g/mol. The van der Waals surface area contributed by atoms with Gasteiger partial charge in [0.1, 0.15) is 11.4 Å². The Morgan fingerprint density at radius 2 is 1.65 bits per heavy atom. The molecule has 4 nitrogen and oxygen atoms in total. The molecule has 3 rings (SSSR count). The molecule has 0 radical (unpaired) electrons. The first-order chi connectivity index (χ1) is 14.9. The fourth-order valence-electron chi connectivity index (χ4n) is 4.17. The van der Waals surface area contributed by atoms with E-state index < -0.39 is 17.2 Å². The van der Waals surface area contributed by atoms with Crippen LogP contribution in [0.3, 0.4) is 0 Å². The monoisotopic (exact) mass is 440 g/mol. The van der Waals surface area contributed by atoms with Crippen molar-refractivity contribution >= 4 is 23.7 Å². The Hall–Kier alpha value is -2.27. The van der Waals surface area contributed by atoms with Gasteiger partial charge in [-0.15, -0.1) is 11.8 Å². The Labute approximate surface area is 189 Å². The van der Waals surface area contributed by atoms with Crippen LogP contribution in [0.5, 0.6) is 0 Å². The van der Waals surface area contributed by atoms with E-state index >= 15 is 0 Å². The molecule has 0 amide bonds. The normalized spacial score (nSPS) is 22.0. The van der Waals surface area contributed by atoms with Crippen LogP contribution in [0.2, 0.25) is 0 Å².